The predicted octanol–water partition coefficient (Wildman–Crippen LogP) is 3.31. The average molecular weight is 312 g/mol. The Morgan fingerprint density at radius 2 is 1.74 bits per heavy atom. The van der Waals surface area contributed by atoms with E-state index in [1.54, 1.807) is 38.3 Å². The number of hydrogen-bond acceptors (Lipinski definition) is 5. The van der Waals surface area contributed by atoms with Crippen molar-refractivity contribution >= 4 is 27.5 Å². The molecule has 0 bridgehead atoms. The second kappa shape index (κ2) is 5.76. The summed E-state index contributed by atoms with van der Waals surface area (Å²) in [5.41, 5.74) is -0.0240. The molecular weight excluding hydrogens is 296 g/mol. The number of hydrogen-bond donors (Lipinski definition) is 0. The number of Topliss-reactive ketones (excluding diaryl/α,β-unsaturated/α-hetero) is 1. The number of benzene rings is 2. The minimum Gasteiger partial charge on any atom is -0.497 e. The van der Waals surface area contributed by atoms with Gasteiger partial charge in [0.15, 0.2) is 11.9 Å². The summed E-state index contributed by atoms with van der Waals surface area (Å²) >= 11 is 0. The summed E-state index contributed by atoms with van der Waals surface area (Å²) in [6.07, 6.45) is -0.552. The molecule has 0 aliphatic heterocycles. The molecule has 0 aliphatic rings. The maximum atomic E-state index is 12.2. The summed E-state index contributed by atoms with van der Waals surface area (Å²) in [6, 6.07) is 10.5. The van der Waals surface area contributed by atoms with Gasteiger partial charge >= 0.3 is 5.63 Å². The van der Waals surface area contributed by atoms with Crippen molar-refractivity contribution in [3.8, 4) is 11.5 Å². The van der Waals surface area contributed by atoms with Gasteiger partial charge in [0.2, 0.25) is 0 Å². The van der Waals surface area contributed by atoms with Crippen molar-refractivity contribution < 1.29 is 18.7 Å². The van der Waals surface area contributed by atoms with Crippen LogP contribution >= 0.6 is 0 Å². The van der Waals surface area contributed by atoms with Crippen LogP contribution in [-0.2, 0) is 4.79 Å². The van der Waals surface area contributed by atoms with Gasteiger partial charge in [-0.1, -0.05) is 0 Å². The Morgan fingerprint density at radius 1 is 1.04 bits per heavy atom. The molecule has 1 atom stereocenters. The monoisotopic (exact) mass is 312 g/mol. The molecule has 5 heteroatoms. The van der Waals surface area contributed by atoms with E-state index in [2.05, 4.69) is 0 Å². The highest BCUT2D eigenvalue weighted by atomic mass is 16.5. The van der Waals surface area contributed by atoms with Crippen LogP contribution in [0.15, 0.2) is 45.6 Å². The van der Waals surface area contributed by atoms with Crippen LogP contribution in [0.1, 0.15) is 13.8 Å². The van der Waals surface area contributed by atoms with Gasteiger partial charge in [-0.05, 0) is 44.2 Å². The van der Waals surface area contributed by atoms with Crippen LogP contribution < -0.4 is 15.1 Å². The molecule has 23 heavy (non-hydrogen) atoms. The molecule has 1 heterocycles. The highest BCUT2D eigenvalue weighted by Gasteiger charge is 2.12. The van der Waals surface area contributed by atoms with Gasteiger partial charge in [0.25, 0.3) is 0 Å². The first-order chi connectivity index (χ1) is 11.0. The Balaban J connectivity index is 2.16. The standard InChI is InChI=1S/C18H16O5/c1-10(19)11(2)22-13-5-7-15-14-6-4-12(21-3)8-16(14)18(20)23-17(15)9-13/h4-9,11H,1-3H3. The lowest BCUT2D eigenvalue weighted by molar-refractivity contribution is -0.122. The quantitative estimate of drug-likeness (QED) is 0.546. The normalized spacial score (nSPS) is 12.3. The average Bonchev–Trinajstić information content (AvgIpc) is 2.54. The van der Waals surface area contributed by atoms with E-state index in [0.717, 1.165) is 10.8 Å². The van der Waals surface area contributed by atoms with E-state index in [9.17, 15) is 9.59 Å². The maximum absolute atomic E-state index is 12.2. The van der Waals surface area contributed by atoms with E-state index in [-0.39, 0.29) is 5.78 Å². The van der Waals surface area contributed by atoms with E-state index in [0.29, 0.717) is 22.5 Å². The van der Waals surface area contributed by atoms with Gasteiger partial charge in [0, 0.05) is 16.8 Å². The number of carbonyl (C=O) groups excluding carboxylic acids is 1. The molecule has 3 rings (SSSR count). The molecule has 0 amide bonds. The molecule has 0 radical (unpaired) electrons. The van der Waals surface area contributed by atoms with Crippen molar-refractivity contribution in [2.24, 2.45) is 0 Å². The molecule has 1 aromatic heterocycles. The van der Waals surface area contributed by atoms with Crippen molar-refractivity contribution in [2.45, 2.75) is 20.0 Å². The van der Waals surface area contributed by atoms with E-state index in [1.165, 1.54) is 6.92 Å². The minimum absolute atomic E-state index is 0.0721. The number of ether oxygens (including phenoxy) is 2. The first kappa shape index (κ1) is 15.1. The smallest absolute Gasteiger partial charge is 0.344 e. The van der Waals surface area contributed by atoms with Crippen LogP contribution in [-0.4, -0.2) is 19.0 Å². The Labute approximate surface area is 132 Å². The fraction of sp³-hybridized carbons (Fsp3) is 0.222. The molecule has 118 valence electrons. The van der Waals surface area contributed by atoms with Crippen molar-refractivity contribution in [1.82, 2.24) is 0 Å². The molecule has 2 aromatic carbocycles. The van der Waals surface area contributed by atoms with Gasteiger partial charge in [-0.2, -0.15) is 0 Å². The second-order valence-corrected chi connectivity index (χ2v) is 5.33. The van der Waals surface area contributed by atoms with Crippen LogP contribution in [0.2, 0.25) is 0 Å². The van der Waals surface area contributed by atoms with Crippen LogP contribution in [0.3, 0.4) is 0 Å². The number of rotatable bonds is 4. The van der Waals surface area contributed by atoms with Crippen LogP contribution in [0.4, 0.5) is 0 Å². The third-order valence-corrected chi connectivity index (χ3v) is 3.78. The van der Waals surface area contributed by atoms with Gasteiger partial charge in [-0.3, -0.25) is 4.79 Å². The Hall–Kier alpha value is -2.82. The Bertz CT molecular complexity index is 955. The maximum Gasteiger partial charge on any atom is 0.344 e. The largest absolute Gasteiger partial charge is 0.497 e. The zero-order valence-electron chi connectivity index (χ0n) is 13.1. The second-order valence-electron chi connectivity index (χ2n) is 5.33. The number of carbonyl (C=O) groups is 1. The van der Waals surface area contributed by atoms with E-state index in [4.69, 9.17) is 13.9 Å². The van der Waals surface area contributed by atoms with Gasteiger partial charge in [-0.15, -0.1) is 0 Å². The summed E-state index contributed by atoms with van der Waals surface area (Å²) in [6.45, 7) is 3.14. The zero-order valence-corrected chi connectivity index (χ0v) is 13.1. The lowest BCUT2D eigenvalue weighted by Gasteiger charge is -2.12. The van der Waals surface area contributed by atoms with Gasteiger partial charge in [0.05, 0.1) is 12.5 Å². The third-order valence-electron chi connectivity index (χ3n) is 3.78. The minimum atomic E-state index is -0.552. The molecule has 3 aromatic rings. The predicted molar refractivity (Wildman–Crippen MR) is 87.3 cm³/mol. The van der Waals surface area contributed by atoms with Crippen molar-refractivity contribution in [3.05, 3.63) is 46.8 Å². The van der Waals surface area contributed by atoms with Crippen molar-refractivity contribution in [2.75, 3.05) is 7.11 Å². The summed E-state index contributed by atoms with van der Waals surface area (Å²) in [5.74, 6) is 1.01. The van der Waals surface area contributed by atoms with E-state index < -0.39 is 11.7 Å². The molecule has 0 N–H and O–H groups in total. The fourth-order valence-electron chi connectivity index (χ4n) is 2.38. The van der Waals surface area contributed by atoms with Crippen LogP contribution in [0.25, 0.3) is 21.7 Å². The Morgan fingerprint density at radius 3 is 2.43 bits per heavy atom. The van der Waals surface area contributed by atoms with Gasteiger partial charge in [0.1, 0.15) is 17.1 Å². The zero-order chi connectivity index (χ0) is 16.6. The first-order valence-corrected chi connectivity index (χ1v) is 7.21. The van der Waals surface area contributed by atoms with Gasteiger partial charge < -0.3 is 13.9 Å². The highest BCUT2D eigenvalue weighted by molar-refractivity contribution is 6.04. The Kier molecular flexibility index (Phi) is 3.78. The van der Waals surface area contributed by atoms with E-state index in [1.807, 2.05) is 12.1 Å². The molecule has 0 aliphatic carbocycles. The molecule has 0 spiro atoms. The van der Waals surface area contributed by atoms with Crippen LogP contribution in [0, 0.1) is 0 Å². The molecule has 5 nitrogen and oxygen atoms in total. The fourth-order valence-corrected chi connectivity index (χ4v) is 2.38. The highest BCUT2D eigenvalue weighted by Crippen LogP contribution is 2.28. The first-order valence-electron chi connectivity index (χ1n) is 7.21. The molecule has 0 saturated heterocycles. The van der Waals surface area contributed by atoms with E-state index >= 15 is 0 Å². The van der Waals surface area contributed by atoms with Crippen molar-refractivity contribution in [1.29, 1.82) is 0 Å². The SMILES string of the molecule is COc1ccc2c(c1)c(=O)oc1cc(OC(C)C(C)=O)ccc12. The summed E-state index contributed by atoms with van der Waals surface area (Å²) < 4.78 is 16.1. The number of methoxy groups -OCH3 is 1. The molecule has 0 fully saturated rings. The number of fused-ring (bicyclic) bond motifs is 3. The lowest BCUT2D eigenvalue weighted by Crippen LogP contribution is -2.20. The third kappa shape index (κ3) is 2.77. The van der Waals surface area contributed by atoms with Crippen LogP contribution in [0.5, 0.6) is 11.5 Å². The number of ketones is 1. The van der Waals surface area contributed by atoms with Gasteiger partial charge in [-0.25, -0.2) is 4.79 Å². The van der Waals surface area contributed by atoms with Crippen molar-refractivity contribution in [3.63, 3.8) is 0 Å². The summed E-state index contributed by atoms with van der Waals surface area (Å²) in [4.78, 5) is 23.5. The molecule has 0 saturated carbocycles. The molecular formula is C18H16O5. The lowest BCUT2D eigenvalue weighted by atomic mass is 10.1. The topological polar surface area (TPSA) is 65.7 Å². The molecule has 1 unspecified atom stereocenters. The summed E-state index contributed by atoms with van der Waals surface area (Å²) in [5, 5.41) is 2.04. The summed E-state index contributed by atoms with van der Waals surface area (Å²) in [7, 11) is 1.55.